The molecule has 1 aromatic carbocycles. The summed E-state index contributed by atoms with van der Waals surface area (Å²) in [5.41, 5.74) is 1.97. The zero-order chi connectivity index (χ0) is 13.6. The number of aromatic nitrogens is 2. The van der Waals surface area contributed by atoms with Crippen molar-refractivity contribution in [3.63, 3.8) is 0 Å². The zero-order valence-corrected chi connectivity index (χ0v) is 12.9. The summed E-state index contributed by atoms with van der Waals surface area (Å²) in [6, 6.07) is 4.27. The highest BCUT2D eigenvalue weighted by Crippen LogP contribution is 2.28. The van der Waals surface area contributed by atoms with Crippen LogP contribution in [-0.4, -0.2) is 34.1 Å². The number of nitrogens with zero attached hydrogens (tertiary/aromatic N) is 2. The number of imidazole rings is 1. The maximum Gasteiger partial charge on any atom is 0.178 e. The summed E-state index contributed by atoms with van der Waals surface area (Å²) in [4.78, 5) is 5.59. The molecule has 1 unspecified atom stereocenters. The van der Waals surface area contributed by atoms with Crippen molar-refractivity contribution in [1.29, 1.82) is 0 Å². The lowest BCUT2D eigenvalue weighted by Crippen LogP contribution is -2.29. The molecule has 1 aliphatic heterocycles. The second kappa shape index (κ2) is 5.09. The van der Waals surface area contributed by atoms with Crippen LogP contribution in [0.15, 0.2) is 12.1 Å². The number of H-pyrrole nitrogens is 1. The van der Waals surface area contributed by atoms with Gasteiger partial charge in [0.1, 0.15) is 0 Å². The van der Waals surface area contributed by atoms with E-state index in [9.17, 15) is 0 Å². The van der Waals surface area contributed by atoms with Crippen molar-refractivity contribution in [2.24, 2.45) is 0 Å². The average Bonchev–Trinajstić information content (AvgIpc) is 2.88. The fraction of sp³-hybridized carbons (Fsp3) is 0.462. The van der Waals surface area contributed by atoms with Gasteiger partial charge in [-0.3, -0.25) is 0 Å². The van der Waals surface area contributed by atoms with Crippen molar-refractivity contribution in [2.45, 2.75) is 25.4 Å². The average molecular weight is 316 g/mol. The number of likely N-dealkylation sites (N-methyl/N-ethyl adjacent to an activating group) is 1. The first-order valence-electron chi connectivity index (χ1n) is 6.34. The molecule has 102 valence electrons. The Morgan fingerprint density at radius 3 is 2.79 bits per heavy atom. The first kappa shape index (κ1) is 13.4. The van der Waals surface area contributed by atoms with Gasteiger partial charge in [-0.2, -0.15) is 0 Å². The van der Waals surface area contributed by atoms with Gasteiger partial charge < -0.3 is 14.5 Å². The molecule has 1 atom stereocenters. The Hall–Kier alpha value is -0.550. The van der Waals surface area contributed by atoms with Crippen LogP contribution in [0.5, 0.6) is 0 Å². The summed E-state index contributed by atoms with van der Waals surface area (Å²) in [5.74, 6) is 0. The van der Waals surface area contributed by atoms with Crippen LogP contribution in [0, 0.1) is 4.77 Å². The fourth-order valence-electron chi connectivity index (χ4n) is 2.75. The number of rotatable bonds is 2. The topological polar surface area (TPSA) is 24.0 Å². The smallest absolute Gasteiger partial charge is 0.178 e. The summed E-state index contributed by atoms with van der Waals surface area (Å²) in [6.07, 6.45) is 2.47. The van der Waals surface area contributed by atoms with E-state index in [0.29, 0.717) is 16.1 Å². The molecule has 1 aromatic heterocycles. The van der Waals surface area contributed by atoms with Crippen molar-refractivity contribution in [3.8, 4) is 0 Å². The molecular weight excluding hydrogens is 301 g/mol. The van der Waals surface area contributed by atoms with Crippen molar-refractivity contribution in [1.82, 2.24) is 14.5 Å². The molecule has 1 aliphatic rings. The molecule has 0 bridgehead atoms. The molecule has 0 aliphatic carbocycles. The molecular formula is C13H15Cl2N3S. The highest BCUT2D eigenvalue weighted by Gasteiger charge is 2.22. The van der Waals surface area contributed by atoms with E-state index in [4.69, 9.17) is 35.4 Å². The Morgan fingerprint density at radius 2 is 2.11 bits per heavy atom. The first-order valence-corrected chi connectivity index (χ1v) is 7.50. The molecule has 0 saturated carbocycles. The predicted molar refractivity (Wildman–Crippen MR) is 82.8 cm³/mol. The molecule has 1 fully saturated rings. The Morgan fingerprint density at radius 1 is 1.37 bits per heavy atom. The highest BCUT2D eigenvalue weighted by molar-refractivity contribution is 7.71. The third-order valence-electron chi connectivity index (χ3n) is 3.88. The molecule has 1 saturated heterocycles. The Labute approximate surface area is 127 Å². The monoisotopic (exact) mass is 315 g/mol. The van der Waals surface area contributed by atoms with Gasteiger partial charge in [-0.05, 0) is 50.8 Å². The highest BCUT2D eigenvalue weighted by atomic mass is 35.5. The van der Waals surface area contributed by atoms with E-state index in [1.807, 2.05) is 12.1 Å². The van der Waals surface area contributed by atoms with Crippen LogP contribution in [0.4, 0.5) is 0 Å². The van der Waals surface area contributed by atoms with E-state index in [0.717, 1.165) is 28.9 Å². The minimum Gasteiger partial charge on any atom is -0.331 e. The van der Waals surface area contributed by atoms with Gasteiger partial charge in [-0.1, -0.05) is 23.2 Å². The molecule has 3 nitrogen and oxygen atoms in total. The summed E-state index contributed by atoms with van der Waals surface area (Å²) in [6.45, 7) is 2.06. The number of benzene rings is 1. The molecule has 0 radical (unpaired) electrons. The predicted octanol–water partition coefficient (Wildman–Crippen LogP) is 4.10. The molecule has 6 heteroatoms. The van der Waals surface area contributed by atoms with Crippen molar-refractivity contribution in [2.75, 3.05) is 13.6 Å². The molecule has 3 rings (SSSR count). The van der Waals surface area contributed by atoms with E-state index in [-0.39, 0.29) is 0 Å². The van der Waals surface area contributed by atoms with E-state index in [2.05, 4.69) is 21.5 Å². The van der Waals surface area contributed by atoms with Crippen LogP contribution in [0.3, 0.4) is 0 Å². The number of halogens is 2. The standard InChI is InChI=1S/C13H15Cl2N3S/c1-17-4-2-3-8(17)7-18-12-6-10(15)9(14)5-11(12)16-13(18)19/h5-6,8H,2-4,7H2,1H3,(H,16,19). The molecule has 0 amide bonds. The van der Waals surface area contributed by atoms with Crippen molar-refractivity contribution >= 4 is 46.5 Å². The largest absolute Gasteiger partial charge is 0.331 e. The van der Waals surface area contributed by atoms with E-state index >= 15 is 0 Å². The van der Waals surface area contributed by atoms with Crippen LogP contribution < -0.4 is 0 Å². The lowest BCUT2D eigenvalue weighted by Gasteiger charge is -2.20. The van der Waals surface area contributed by atoms with Gasteiger partial charge in [0.2, 0.25) is 0 Å². The van der Waals surface area contributed by atoms with Gasteiger partial charge in [0.25, 0.3) is 0 Å². The zero-order valence-electron chi connectivity index (χ0n) is 10.6. The minimum atomic E-state index is 0.542. The van der Waals surface area contributed by atoms with E-state index < -0.39 is 0 Å². The summed E-state index contributed by atoms with van der Waals surface area (Å²) >= 11 is 17.6. The van der Waals surface area contributed by atoms with Gasteiger partial charge in [0.15, 0.2) is 4.77 Å². The van der Waals surface area contributed by atoms with Crippen LogP contribution >= 0.6 is 35.4 Å². The molecule has 2 aromatic rings. The SMILES string of the molecule is CN1CCCC1Cn1c(=S)[nH]c2cc(Cl)c(Cl)cc21. The molecule has 1 N–H and O–H groups in total. The van der Waals surface area contributed by atoms with Gasteiger partial charge in [0, 0.05) is 12.6 Å². The first-order chi connectivity index (χ1) is 9.06. The summed E-state index contributed by atoms with van der Waals surface area (Å²) < 4.78 is 2.85. The molecule has 2 heterocycles. The van der Waals surface area contributed by atoms with Crippen LogP contribution in [0.25, 0.3) is 11.0 Å². The quantitative estimate of drug-likeness (QED) is 0.844. The fourth-order valence-corrected chi connectivity index (χ4v) is 3.36. The second-order valence-corrected chi connectivity index (χ2v) is 6.30. The number of likely N-dealkylation sites (tertiary alicyclic amines) is 1. The Kier molecular flexibility index (Phi) is 3.60. The molecule has 19 heavy (non-hydrogen) atoms. The van der Waals surface area contributed by atoms with Gasteiger partial charge in [-0.15, -0.1) is 0 Å². The third kappa shape index (κ3) is 2.42. The number of hydrogen-bond acceptors (Lipinski definition) is 2. The van der Waals surface area contributed by atoms with E-state index in [1.165, 1.54) is 12.8 Å². The minimum absolute atomic E-state index is 0.542. The second-order valence-electron chi connectivity index (χ2n) is 5.10. The van der Waals surface area contributed by atoms with Crippen LogP contribution in [0.1, 0.15) is 12.8 Å². The van der Waals surface area contributed by atoms with E-state index in [1.54, 1.807) is 0 Å². The third-order valence-corrected chi connectivity index (χ3v) is 4.93. The molecule has 0 spiro atoms. The maximum atomic E-state index is 6.11. The number of nitrogens with one attached hydrogen (secondary N) is 1. The lowest BCUT2D eigenvalue weighted by molar-refractivity contribution is 0.283. The number of hydrogen-bond donors (Lipinski definition) is 1. The van der Waals surface area contributed by atoms with Crippen LogP contribution in [-0.2, 0) is 6.54 Å². The van der Waals surface area contributed by atoms with Crippen molar-refractivity contribution < 1.29 is 0 Å². The summed E-state index contributed by atoms with van der Waals surface area (Å²) in [7, 11) is 2.17. The maximum absolute atomic E-state index is 6.11. The van der Waals surface area contributed by atoms with Gasteiger partial charge in [0.05, 0.1) is 21.1 Å². The van der Waals surface area contributed by atoms with Crippen molar-refractivity contribution in [3.05, 3.63) is 26.9 Å². The number of fused-ring (bicyclic) bond motifs is 1. The normalized spacial score (nSPS) is 20.5. The van der Waals surface area contributed by atoms with Crippen LogP contribution in [0.2, 0.25) is 10.0 Å². The Balaban J connectivity index is 2.05. The van der Waals surface area contributed by atoms with Gasteiger partial charge >= 0.3 is 0 Å². The Bertz CT molecular complexity index is 676. The summed E-state index contributed by atoms with van der Waals surface area (Å²) in [5, 5.41) is 1.12. The van der Waals surface area contributed by atoms with Gasteiger partial charge in [-0.25, -0.2) is 0 Å². The number of aromatic amines is 1. The lowest BCUT2D eigenvalue weighted by atomic mass is 10.2.